The predicted octanol–water partition coefficient (Wildman–Crippen LogP) is 6.05. The van der Waals surface area contributed by atoms with Gasteiger partial charge in [-0.1, -0.05) is 44.1 Å². The van der Waals surface area contributed by atoms with Gasteiger partial charge in [-0.2, -0.15) is 0 Å². The topological polar surface area (TPSA) is 68.9 Å². The lowest BCUT2D eigenvalue weighted by atomic mass is 9.72. The molecule has 1 unspecified atom stereocenters. The molecule has 0 aliphatic heterocycles. The van der Waals surface area contributed by atoms with Crippen LogP contribution in [0.25, 0.3) is 10.2 Å². The molecular weight excluding hydrogens is 422 g/mol. The van der Waals surface area contributed by atoms with Gasteiger partial charge in [-0.25, -0.2) is 9.97 Å². The number of anilines is 1. The number of carbonyl (C=O) groups is 1. The number of benzene rings is 1. The van der Waals surface area contributed by atoms with Gasteiger partial charge in [-0.15, -0.1) is 11.3 Å². The Labute approximate surface area is 184 Å². The lowest BCUT2D eigenvalue weighted by Crippen LogP contribution is -2.26. The van der Waals surface area contributed by atoms with E-state index in [4.69, 9.17) is 22.3 Å². The molecular formula is C22H24ClN3OS2. The van der Waals surface area contributed by atoms with E-state index in [9.17, 15) is 4.79 Å². The van der Waals surface area contributed by atoms with E-state index in [1.807, 2.05) is 0 Å². The van der Waals surface area contributed by atoms with Crippen molar-refractivity contribution in [1.82, 2.24) is 9.97 Å². The van der Waals surface area contributed by atoms with E-state index in [0.29, 0.717) is 32.9 Å². The van der Waals surface area contributed by atoms with E-state index >= 15 is 0 Å². The van der Waals surface area contributed by atoms with E-state index in [1.165, 1.54) is 28.6 Å². The van der Waals surface area contributed by atoms with Gasteiger partial charge in [0.05, 0.1) is 11.1 Å². The second-order valence-corrected chi connectivity index (χ2v) is 11.1. The summed E-state index contributed by atoms with van der Waals surface area (Å²) in [6.45, 7) is 6.95. The molecule has 7 heteroatoms. The third-order valence-corrected chi connectivity index (χ3v) is 7.89. The van der Waals surface area contributed by atoms with Crippen molar-refractivity contribution < 1.29 is 4.79 Å². The van der Waals surface area contributed by atoms with Crippen molar-refractivity contribution in [2.24, 2.45) is 11.3 Å². The molecule has 3 aromatic rings. The molecule has 1 aliphatic rings. The molecule has 2 aromatic heterocycles. The summed E-state index contributed by atoms with van der Waals surface area (Å²) in [6.07, 6.45) is 3.29. The number of nitrogens with zero attached hydrogens (tertiary/aromatic N) is 2. The van der Waals surface area contributed by atoms with Gasteiger partial charge in [-0.3, -0.25) is 4.79 Å². The van der Waals surface area contributed by atoms with Gasteiger partial charge in [0.1, 0.15) is 10.6 Å². The number of halogens is 1. The number of fused-ring (bicyclic) bond motifs is 3. The molecule has 0 spiro atoms. The lowest BCUT2D eigenvalue weighted by Gasteiger charge is -2.33. The summed E-state index contributed by atoms with van der Waals surface area (Å²) in [5.74, 6) is 1.49. The standard InChI is InChI=1S/C22H24ClN3OS2/c1-22(2,3)13-6-9-15-17(10-13)29-20-18(15)19(24)25-21(26-20)28-11-16(27)12-4-7-14(23)8-5-12/h4-5,7-8,13H,6,9-11H2,1-3H3,(H2,24,25,26). The Bertz CT molecular complexity index is 1070. The maximum absolute atomic E-state index is 12.4. The Morgan fingerprint density at radius 2 is 2.00 bits per heavy atom. The van der Waals surface area contributed by atoms with Crippen LogP contribution in [0, 0.1) is 11.3 Å². The van der Waals surface area contributed by atoms with Crippen molar-refractivity contribution >= 4 is 56.5 Å². The number of thioether (sulfide) groups is 1. The molecule has 0 bridgehead atoms. The molecule has 2 heterocycles. The largest absolute Gasteiger partial charge is 0.383 e. The van der Waals surface area contributed by atoms with Crippen LogP contribution in [0.5, 0.6) is 0 Å². The Morgan fingerprint density at radius 1 is 1.28 bits per heavy atom. The molecule has 0 amide bonds. The van der Waals surface area contributed by atoms with Crippen LogP contribution in [0.1, 0.15) is 48.0 Å². The first kappa shape index (κ1) is 20.6. The van der Waals surface area contributed by atoms with Crippen LogP contribution in [0.2, 0.25) is 5.02 Å². The van der Waals surface area contributed by atoms with Crippen molar-refractivity contribution in [3.05, 3.63) is 45.3 Å². The fraction of sp³-hybridized carbons (Fsp3) is 0.409. The molecule has 1 aromatic carbocycles. The second kappa shape index (κ2) is 7.89. The third kappa shape index (κ3) is 4.30. The number of hydrogen-bond acceptors (Lipinski definition) is 6. The van der Waals surface area contributed by atoms with Crippen molar-refractivity contribution in [2.45, 2.75) is 45.2 Å². The summed E-state index contributed by atoms with van der Waals surface area (Å²) >= 11 is 8.96. The number of nitrogen functional groups attached to an aromatic ring is 1. The quantitative estimate of drug-likeness (QED) is 0.300. The molecule has 4 rings (SSSR count). The highest BCUT2D eigenvalue weighted by Crippen LogP contribution is 2.44. The SMILES string of the molecule is CC(C)(C)C1CCc2c(sc3nc(SCC(=O)c4ccc(Cl)cc4)nc(N)c23)C1. The van der Waals surface area contributed by atoms with E-state index in [0.717, 1.165) is 23.1 Å². The highest BCUT2D eigenvalue weighted by molar-refractivity contribution is 7.99. The van der Waals surface area contributed by atoms with E-state index in [-0.39, 0.29) is 11.5 Å². The minimum atomic E-state index is 0.0208. The van der Waals surface area contributed by atoms with Crippen LogP contribution < -0.4 is 5.73 Å². The molecule has 29 heavy (non-hydrogen) atoms. The first-order chi connectivity index (χ1) is 13.7. The molecule has 0 fully saturated rings. The molecule has 0 radical (unpaired) electrons. The molecule has 4 nitrogen and oxygen atoms in total. The van der Waals surface area contributed by atoms with E-state index < -0.39 is 0 Å². The number of carbonyl (C=O) groups excluding carboxylic acids is 1. The van der Waals surface area contributed by atoms with Crippen molar-refractivity contribution in [3.63, 3.8) is 0 Å². The Hall–Kier alpha value is -1.63. The average Bonchev–Trinajstić information content (AvgIpc) is 3.04. The van der Waals surface area contributed by atoms with Gasteiger partial charge < -0.3 is 5.73 Å². The number of aromatic nitrogens is 2. The Balaban J connectivity index is 1.55. The second-order valence-electron chi connectivity index (χ2n) is 8.60. The number of Topliss-reactive ketones (excluding diaryl/α,β-unsaturated/α-hetero) is 1. The van der Waals surface area contributed by atoms with E-state index in [1.54, 1.807) is 35.6 Å². The molecule has 0 saturated carbocycles. The smallest absolute Gasteiger partial charge is 0.191 e. The normalized spacial score (nSPS) is 16.8. The number of thiophene rings is 1. The van der Waals surface area contributed by atoms with Crippen LogP contribution >= 0.6 is 34.7 Å². The van der Waals surface area contributed by atoms with Gasteiger partial charge in [0.2, 0.25) is 0 Å². The van der Waals surface area contributed by atoms with Gasteiger partial charge in [0.15, 0.2) is 10.9 Å². The van der Waals surface area contributed by atoms with Crippen LogP contribution in [-0.2, 0) is 12.8 Å². The predicted molar refractivity (Wildman–Crippen MR) is 123 cm³/mol. The Morgan fingerprint density at radius 3 is 2.69 bits per heavy atom. The lowest BCUT2D eigenvalue weighted by molar-refractivity contribution is 0.102. The molecule has 0 saturated heterocycles. The minimum Gasteiger partial charge on any atom is -0.383 e. The fourth-order valence-electron chi connectivity index (χ4n) is 3.84. The van der Waals surface area contributed by atoms with E-state index in [2.05, 4.69) is 25.8 Å². The molecule has 1 aliphatic carbocycles. The van der Waals surface area contributed by atoms with Crippen LogP contribution in [-0.4, -0.2) is 21.5 Å². The summed E-state index contributed by atoms with van der Waals surface area (Å²) in [4.78, 5) is 24.0. The molecule has 152 valence electrons. The summed E-state index contributed by atoms with van der Waals surface area (Å²) in [7, 11) is 0. The maximum atomic E-state index is 12.4. The molecule has 1 atom stereocenters. The zero-order chi connectivity index (χ0) is 20.8. The monoisotopic (exact) mass is 445 g/mol. The highest BCUT2D eigenvalue weighted by Gasteiger charge is 2.31. The zero-order valence-corrected chi connectivity index (χ0v) is 19.2. The molecule has 2 N–H and O–H groups in total. The average molecular weight is 446 g/mol. The minimum absolute atomic E-state index is 0.0208. The first-order valence-electron chi connectivity index (χ1n) is 9.71. The first-order valence-corrected chi connectivity index (χ1v) is 11.9. The Kier molecular flexibility index (Phi) is 5.62. The summed E-state index contributed by atoms with van der Waals surface area (Å²) in [6, 6.07) is 6.92. The maximum Gasteiger partial charge on any atom is 0.191 e. The van der Waals surface area contributed by atoms with Gasteiger partial charge >= 0.3 is 0 Å². The van der Waals surface area contributed by atoms with Gasteiger partial charge in [-0.05, 0) is 60.4 Å². The van der Waals surface area contributed by atoms with Crippen LogP contribution in [0.3, 0.4) is 0 Å². The van der Waals surface area contributed by atoms with Crippen molar-refractivity contribution in [3.8, 4) is 0 Å². The summed E-state index contributed by atoms with van der Waals surface area (Å²) in [5, 5.41) is 2.19. The van der Waals surface area contributed by atoms with Gasteiger partial charge in [0, 0.05) is 15.5 Å². The number of hydrogen-bond donors (Lipinski definition) is 1. The highest BCUT2D eigenvalue weighted by atomic mass is 35.5. The zero-order valence-electron chi connectivity index (χ0n) is 16.8. The number of nitrogens with two attached hydrogens (primary N) is 1. The van der Waals surface area contributed by atoms with Gasteiger partial charge in [0.25, 0.3) is 0 Å². The summed E-state index contributed by atoms with van der Waals surface area (Å²) in [5.41, 5.74) is 8.59. The third-order valence-electron chi connectivity index (χ3n) is 5.64. The van der Waals surface area contributed by atoms with Crippen LogP contribution in [0.4, 0.5) is 5.82 Å². The summed E-state index contributed by atoms with van der Waals surface area (Å²) < 4.78 is 0. The number of aryl methyl sites for hydroxylation is 1. The number of ketones is 1. The van der Waals surface area contributed by atoms with Crippen molar-refractivity contribution in [1.29, 1.82) is 0 Å². The van der Waals surface area contributed by atoms with Crippen LogP contribution in [0.15, 0.2) is 29.4 Å². The van der Waals surface area contributed by atoms with Crippen molar-refractivity contribution in [2.75, 3.05) is 11.5 Å². The number of rotatable bonds is 4. The fourth-order valence-corrected chi connectivity index (χ4v) is 6.07.